The van der Waals surface area contributed by atoms with E-state index in [9.17, 15) is 9.59 Å². The van der Waals surface area contributed by atoms with E-state index >= 15 is 0 Å². The molecule has 0 radical (unpaired) electrons. The number of aryl methyl sites for hydroxylation is 1. The first kappa shape index (κ1) is 19.0. The number of nitrogens with one attached hydrogen (secondary N) is 2. The van der Waals surface area contributed by atoms with Crippen molar-refractivity contribution in [2.24, 2.45) is 0 Å². The summed E-state index contributed by atoms with van der Waals surface area (Å²) in [5, 5.41) is 3.95. The zero-order chi connectivity index (χ0) is 19.1. The Balaban J connectivity index is 1.36. The van der Waals surface area contributed by atoms with Crippen molar-refractivity contribution in [1.29, 1.82) is 0 Å². The van der Waals surface area contributed by atoms with E-state index in [1.165, 1.54) is 11.8 Å². The average Bonchev–Trinajstić information content (AvgIpc) is 3.09. The van der Waals surface area contributed by atoms with E-state index in [0.29, 0.717) is 13.0 Å². The zero-order valence-electron chi connectivity index (χ0n) is 15.2. The number of amides is 1. The molecule has 5 nitrogen and oxygen atoms in total. The summed E-state index contributed by atoms with van der Waals surface area (Å²) in [5.74, 6) is -0.493. The summed E-state index contributed by atoms with van der Waals surface area (Å²) in [5.41, 5.74) is 3.35. The molecule has 0 atom stereocenters. The number of carbonyl (C=O) groups excluding carboxylic acids is 2. The number of esters is 1. The van der Waals surface area contributed by atoms with Gasteiger partial charge in [-0.15, -0.1) is 11.8 Å². The molecule has 3 aromatic rings. The summed E-state index contributed by atoms with van der Waals surface area (Å²) in [6.07, 6.45) is 2.67. The molecule has 1 heterocycles. The molecule has 0 aliphatic rings. The van der Waals surface area contributed by atoms with Crippen LogP contribution in [0.15, 0.2) is 59.6 Å². The summed E-state index contributed by atoms with van der Waals surface area (Å²) >= 11 is 1.41. The second-order valence-electron chi connectivity index (χ2n) is 6.17. The van der Waals surface area contributed by atoms with Crippen molar-refractivity contribution in [3.8, 4) is 0 Å². The van der Waals surface area contributed by atoms with Crippen LogP contribution in [-0.4, -0.2) is 35.8 Å². The first-order chi connectivity index (χ1) is 13.1. The van der Waals surface area contributed by atoms with Gasteiger partial charge < -0.3 is 15.0 Å². The Kier molecular flexibility index (Phi) is 6.54. The highest BCUT2D eigenvalue weighted by Crippen LogP contribution is 2.21. The monoisotopic (exact) mass is 382 g/mol. The second kappa shape index (κ2) is 9.28. The molecule has 0 saturated heterocycles. The van der Waals surface area contributed by atoms with Gasteiger partial charge in [0.1, 0.15) is 0 Å². The van der Waals surface area contributed by atoms with Crippen molar-refractivity contribution < 1.29 is 14.3 Å². The first-order valence-corrected chi connectivity index (χ1v) is 9.78. The van der Waals surface area contributed by atoms with Crippen molar-refractivity contribution in [1.82, 2.24) is 10.3 Å². The molecule has 2 N–H and O–H groups in total. The number of hydrogen-bond acceptors (Lipinski definition) is 4. The molecule has 0 aliphatic carbocycles. The fraction of sp³-hybridized carbons (Fsp3) is 0.238. The fourth-order valence-corrected chi connectivity index (χ4v) is 3.60. The Morgan fingerprint density at radius 2 is 1.89 bits per heavy atom. The van der Waals surface area contributed by atoms with E-state index in [2.05, 4.69) is 16.4 Å². The number of fused-ring (bicyclic) bond motifs is 1. The number of carbonyl (C=O) groups is 2. The molecule has 0 saturated carbocycles. The molecule has 140 valence electrons. The summed E-state index contributed by atoms with van der Waals surface area (Å²) < 4.78 is 5.05. The molecular weight excluding hydrogens is 360 g/mol. The van der Waals surface area contributed by atoms with Crippen LogP contribution in [0.4, 0.5) is 0 Å². The lowest BCUT2D eigenvalue weighted by Crippen LogP contribution is -2.30. The van der Waals surface area contributed by atoms with E-state index in [1.807, 2.05) is 55.6 Å². The van der Waals surface area contributed by atoms with E-state index in [0.717, 1.165) is 26.9 Å². The first-order valence-electron chi connectivity index (χ1n) is 8.79. The van der Waals surface area contributed by atoms with Crippen molar-refractivity contribution in [3.63, 3.8) is 0 Å². The molecule has 0 spiro atoms. The summed E-state index contributed by atoms with van der Waals surface area (Å²) in [6.45, 7) is 2.24. The van der Waals surface area contributed by atoms with Crippen molar-refractivity contribution in [2.75, 3.05) is 18.9 Å². The molecule has 6 heteroatoms. The topological polar surface area (TPSA) is 71.2 Å². The van der Waals surface area contributed by atoms with Gasteiger partial charge in [0.05, 0.1) is 5.75 Å². The standard InChI is InChI=1S/C21H22N2O3S/c1-15-6-2-5-9-19(15)27-14-21(25)26-13-20(24)22-11-10-16-12-23-18-8-4-3-7-17(16)18/h2-9,12,23H,10-11,13-14H2,1H3,(H,22,24). The van der Waals surface area contributed by atoms with Crippen molar-refractivity contribution in [2.45, 2.75) is 18.2 Å². The van der Waals surface area contributed by atoms with E-state index in [4.69, 9.17) is 4.74 Å². The minimum absolute atomic E-state index is 0.188. The van der Waals surface area contributed by atoms with Gasteiger partial charge in [-0.05, 0) is 36.6 Å². The predicted octanol–water partition coefficient (Wildman–Crippen LogP) is 3.47. The normalized spacial score (nSPS) is 10.7. The van der Waals surface area contributed by atoms with Crippen LogP contribution in [0, 0.1) is 6.92 Å². The van der Waals surface area contributed by atoms with Gasteiger partial charge in [-0.2, -0.15) is 0 Å². The fourth-order valence-electron chi connectivity index (χ4n) is 2.77. The highest BCUT2D eigenvalue weighted by molar-refractivity contribution is 8.00. The summed E-state index contributed by atoms with van der Waals surface area (Å²) in [6, 6.07) is 15.9. The van der Waals surface area contributed by atoms with Gasteiger partial charge in [0.25, 0.3) is 5.91 Å². The molecule has 0 fully saturated rings. The van der Waals surface area contributed by atoms with Gasteiger partial charge in [-0.25, -0.2) is 0 Å². The molecule has 0 bridgehead atoms. The quantitative estimate of drug-likeness (QED) is 0.462. The maximum atomic E-state index is 11.9. The van der Waals surface area contributed by atoms with Gasteiger partial charge in [0.2, 0.25) is 0 Å². The number of thioether (sulfide) groups is 1. The van der Waals surface area contributed by atoms with Crippen molar-refractivity contribution >= 4 is 34.5 Å². The van der Waals surface area contributed by atoms with Crippen LogP contribution >= 0.6 is 11.8 Å². The maximum absolute atomic E-state index is 11.9. The van der Waals surface area contributed by atoms with Crippen LogP contribution < -0.4 is 5.32 Å². The minimum atomic E-state index is -0.393. The Bertz CT molecular complexity index is 936. The number of para-hydroxylation sites is 1. The largest absolute Gasteiger partial charge is 0.455 e. The molecule has 0 unspecified atom stereocenters. The van der Waals surface area contributed by atoms with Gasteiger partial charge >= 0.3 is 5.97 Å². The van der Waals surface area contributed by atoms with Crippen LogP contribution in [0.1, 0.15) is 11.1 Å². The van der Waals surface area contributed by atoms with Crippen LogP contribution in [0.5, 0.6) is 0 Å². The molecule has 2 aromatic carbocycles. The number of H-pyrrole nitrogens is 1. The molecule has 1 amide bonds. The predicted molar refractivity (Wildman–Crippen MR) is 108 cm³/mol. The summed E-state index contributed by atoms with van der Waals surface area (Å²) in [7, 11) is 0. The number of hydrogen-bond donors (Lipinski definition) is 2. The van der Waals surface area contributed by atoms with E-state index in [1.54, 1.807) is 0 Å². The van der Waals surface area contributed by atoms with Gasteiger partial charge in [-0.3, -0.25) is 9.59 Å². The number of rotatable bonds is 8. The van der Waals surface area contributed by atoms with E-state index in [-0.39, 0.29) is 18.3 Å². The summed E-state index contributed by atoms with van der Waals surface area (Å²) in [4.78, 5) is 27.9. The SMILES string of the molecule is Cc1ccccc1SCC(=O)OCC(=O)NCCc1c[nH]c2ccccc12. The molecule has 27 heavy (non-hydrogen) atoms. The number of benzene rings is 2. The number of aromatic nitrogens is 1. The molecule has 1 aromatic heterocycles. The third kappa shape index (κ3) is 5.37. The third-order valence-electron chi connectivity index (χ3n) is 4.19. The Hall–Kier alpha value is -2.73. The number of ether oxygens (including phenoxy) is 1. The van der Waals surface area contributed by atoms with Crippen LogP contribution in [0.2, 0.25) is 0 Å². The minimum Gasteiger partial charge on any atom is -0.455 e. The molecule has 3 rings (SSSR count). The lowest BCUT2D eigenvalue weighted by molar-refractivity contribution is -0.145. The average molecular weight is 382 g/mol. The van der Waals surface area contributed by atoms with E-state index < -0.39 is 5.97 Å². The zero-order valence-corrected chi connectivity index (χ0v) is 16.0. The second-order valence-corrected chi connectivity index (χ2v) is 7.19. The number of aromatic amines is 1. The maximum Gasteiger partial charge on any atom is 0.316 e. The highest BCUT2D eigenvalue weighted by Gasteiger charge is 2.09. The Morgan fingerprint density at radius 1 is 1.11 bits per heavy atom. The van der Waals surface area contributed by atoms with Crippen LogP contribution in [0.25, 0.3) is 10.9 Å². The molecular formula is C21H22N2O3S. The Labute approximate surface area is 162 Å². The van der Waals surface area contributed by atoms with Crippen LogP contribution in [-0.2, 0) is 20.7 Å². The smallest absolute Gasteiger partial charge is 0.316 e. The third-order valence-corrected chi connectivity index (χ3v) is 5.34. The lowest BCUT2D eigenvalue weighted by Gasteiger charge is -2.07. The van der Waals surface area contributed by atoms with Crippen molar-refractivity contribution in [3.05, 3.63) is 65.9 Å². The lowest BCUT2D eigenvalue weighted by atomic mass is 10.1. The van der Waals surface area contributed by atoms with Crippen LogP contribution in [0.3, 0.4) is 0 Å². The Morgan fingerprint density at radius 3 is 2.74 bits per heavy atom. The van der Waals surface area contributed by atoms with Gasteiger partial charge in [0, 0.05) is 28.5 Å². The highest BCUT2D eigenvalue weighted by atomic mass is 32.2. The van der Waals surface area contributed by atoms with Gasteiger partial charge in [-0.1, -0.05) is 36.4 Å². The molecule has 0 aliphatic heterocycles. The van der Waals surface area contributed by atoms with Gasteiger partial charge in [0.15, 0.2) is 6.61 Å².